The van der Waals surface area contributed by atoms with Crippen molar-refractivity contribution >= 4 is 44.6 Å². The summed E-state index contributed by atoms with van der Waals surface area (Å²) in [5.41, 5.74) is 1.84. The van der Waals surface area contributed by atoms with Gasteiger partial charge in [-0.2, -0.15) is 5.26 Å². The van der Waals surface area contributed by atoms with Crippen molar-refractivity contribution in [3.63, 3.8) is 0 Å². The van der Waals surface area contributed by atoms with Crippen molar-refractivity contribution in [2.75, 3.05) is 13.2 Å². The highest BCUT2D eigenvalue weighted by Gasteiger charge is 2.12. The number of imidazole rings is 1. The molecule has 0 aliphatic heterocycles. The smallest absolute Gasteiger partial charge is 0.344 e. The van der Waals surface area contributed by atoms with Crippen LogP contribution in [0.2, 0.25) is 0 Å². The van der Waals surface area contributed by atoms with E-state index in [9.17, 15) is 14.4 Å². The Kier molecular flexibility index (Phi) is 6.06. The van der Waals surface area contributed by atoms with Gasteiger partial charge in [-0.1, -0.05) is 15.9 Å². The number of ether oxygens (including phenoxy) is 2. The number of halogens is 2. The molecule has 1 aromatic heterocycles. The lowest BCUT2D eigenvalue weighted by Crippen LogP contribution is -2.14. The molecule has 0 fully saturated rings. The fourth-order valence-corrected chi connectivity index (χ4v) is 2.90. The number of benzene rings is 2. The maximum Gasteiger partial charge on any atom is 0.344 e. The molecule has 0 spiro atoms. The van der Waals surface area contributed by atoms with E-state index in [0.717, 1.165) is 4.47 Å². The van der Waals surface area contributed by atoms with Gasteiger partial charge in [0.2, 0.25) is 0 Å². The van der Waals surface area contributed by atoms with Gasteiger partial charge in [0.1, 0.15) is 23.5 Å². The monoisotopic (exact) mass is 443 g/mol. The van der Waals surface area contributed by atoms with Crippen molar-refractivity contribution in [1.29, 1.82) is 5.26 Å². The maximum absolute atomic E-state index is 13.4. The number of nitriles is 1. The molecular formula is C20H15BrFN3O3. The fourth-order valence-electron chi connectivity index (χ4n) is 2.52. The van der Waals surface area contributed by atoms with Crippen LogP contribution in [0.3, 0.4) is 0 Å². The highest BCUT2D eigenvalue weighted by atomic mass is 79.9. The van der Waals surface area contributed by atoms with Gasteiger partial charge in [0.05, 0.1) is 23.2 Å². The molecule has 0 unspecified atom stereocenters. The van der Waals surface area contributed by atoms with Crippen LogP contribution in [-0.4, -0.2) is 29.2 Å². The van der Waals surface area contributed by atoms with Crippen LogP contribution >= 0.6 is 15.9 Å². The van der Waals surface area contributed by atoms with E-state index >= 15 is 0 Å². The number of nitrogens with one attached hydrogen (secondary N) is 1. The van der Waals surface area contributed by atoms with Gasteiger partial charge in [0.25, 0.3) is 0 Å². The van der Waals surface area contributed by atoms with E-state index in [1.165, 1.54) is 18.2 Å². The molecule has 2 aromatic carbocycles. The minimum atomic E-state index is -0.486. The first kappa shape index (κ1) is 19.6. The number of hydrogen-bond acceptors (Lipinski definition) is 5. The molecule has 1 N–H and O–H groups in total. The number of hydrogen-bond donors (Lipinski definition) is 1. The lowest BCUT2D eigenvalue weighted by molar-refractivity contribution is -0.145. The zero-order chi connectivity index (χ0) is 20.1. The van der Waals surface area contributed by atoms with E-state index in [1.807, 2.05) is 0 Å². The number of allylic oxidation sites excluding steroid dienone is 1. The molecule has 8 heteroatoms. The van der Waals surface area contributed by atoms with Crippen molar-refractivity contribution in [3.05, 3.63) is 58.1 Å². The van der Waals surface area contributed by atoms with Crippen LogP contribution in [0.4, 0.5) is 4.39 Å². The van der Waals surface area contributed by atoms with Crippen LogP contribution < -0.4 is 4.74 Å². The first-order chi connectivity index (χ1) is 13.5. The van der Waals surface area contributed by atoms with E-state index < -0.39 is 11.8 Å². The second-order valence-corrected chi connectivity index (χ2v) is 6.61. The van der Waals surface area contributed by atoms with Crippen LogP contribution in [0.25, 0.3) is 22.7 Å². The van der Waals surface area contributed by atoms with Crippen molar-refractivity contribution in [2.24, 2.45) is 0 Å². The third kappa shape index (κ3) is 4.56. The number of nitrogens with zero attached hydrogens (tertiary/aromatic N) is 2. The first-order valence-corrected chi connectivity index (χ1v) is 9.15. The van der Waals surface area contributed by atoms with Crippen LogP contribution in [0.1, 0.15) is 18.3 Å². The Morgan fingerprint density at radius 1 is 1.36 bits per heavy atom. The van der Waals surface area contributed by atoms with Crippen molar-refractivity contribution in [1.82, 2.24) is 9.97 Å². The van der Waals surface area contributed by atoms with Crippen molar-refractivity contribution in [2.45, 2.75) is 6.92 Å². The number of carbonyl (C=O) groups excluding carboxylic acids is 1. The Bertz CT molecular complexity index is 1100. The van der Waals surface area contributed by atoms with Gasteiger partial charge in [0.15, 0.2) is 6.61 Å². The number of H-pyrrole nitrogens is 1. The first-order valence-electron chi connectivity index (χ1n) is 8.35. The van der Waals surface area contributed by atoms with E-state index in [1.54, 1.807) is 31.2 Å². The van der Waals surface area contributed by atoms with E-state index in [2.05, 4.69) is 32.0 Å². The molecule has 0 aliphatic carbocycles. The highest BCUT2D eigenvalue weighted by Crippen LogP contribution is 2.28. The highest BCUT2D eigenvalue weighted by molar-refractivity contribution is 9.10. The Balaban J connectivity index is 1.95. The molecule has 3 aromatic rings. The summed E-state index contributed by atoms with van der Waals surface area (Å²) in [7, 11) is 0. The third-order valence-corrected chi connectivity index (χ3v) is 4.24. The number of carbonyl (C=O) groups is 1. The van der Waals surface area contributed by atoms with E-state index in [-0.39, 0.29) is 18.8 Å². The van der Waals surface area contributed by atoms with Crippen molar-refractivity contribution in [3.8, 4) is 11.8 Å². The second kappa shape index (κ2) is 8.67. The topological polar surface area (TPSA) is 88.0 Å². The second-order valence-electron chi connectivity index (χ2n) is 5.69. The fraction of sp³-hybridized carbons (Fsp3) is 0.150. The standard InChI is InChI=1S/C20H15BrFN3O3/c1-2-27-19(26)11-28-18-6-3-14(21)8-12(18)7-13(10-23)20-24-16-5-4-15(22)9-17(16)25-20/h3-9H,2,11H2,1H3,(H,24,25)/b13-7-. The summed E-state index contributed by atoms with van der Waals surface area (Å²) >= 11 is 3.38. The summed E-state index contributed by atoms with van der Waals surface area (Å²) in [6.07, 6.45) is 1.58. The minimum absolute atomic E-state index is 0.232. The molecule has 1 heterocycles. The summed E-state index contributed by atoms with van der Waals surface area (Å²) in [5.74, 6) is -0.169. The zero-order valence-corrected chi connectivity index (χ0v) is 16.4. The van der Waals surface area contributed by atoms with Crippen LogP contribution in [0.5, 0.6) is 5.75 Å². The molecule has 0 saturated carbocycles. The summed E-state index contributed by atoms with van der Waals surface area (Å²) in [4.78, 5) is 18.8. The maximum atomic E-state index is 13.4. The largest absolute Gasteiger partial charge is 0.481 e. The predicted octanol–water partition coefficient (Wildman–Crippen LogP) is 4.47. The minimum Gasteiger partial charge on any atom is -0.481 e. The predicted molar refractivity (Wildman–Crippen MR) is 106 cm³/mol. The molecule has 0 atom stereocenters. The summed E-state index contributed by atoms with van der Waals surface area (Å²) < 4.78 is 24.5. The number of esters is 1. The average molecular weight is 444 g/mol. The quantitative estimate of drug-likeness (QED) is 0.448. The van der Waals surface area contributed by atoms with Crippen LogP contribution in [-0.2, 0) is 9.53 Å². The molecule has 6 nitrogen and oxygen atoms in total. The van der Waals surface area contributed by atoms with Crippen LogP contribution in [0.15, 0.2) is 40.9 Å². The lowest BCUT2D eigenvalue weighted by Gasteiger charge is -2.09. The molecule has 0 saturated heterocycles. The molecule has 28 heavy (non-hydrogen) atoms. The number of fused-ring (bicyclic) bond motifs is 1. The summed E-state index contributed by atoms with van der Waals surface area (Å²) in [5, 5.41) is 9.59. The summed E-state index contributed by atoms with van der Waals surface area (Å²) in [6, 6.07) is 11.4. The number of aromatic amines is 1. The van der Waals surface area contributed by atoms with Gasteiger partial charge in [-0.25, -0.2) is 14.2 Å². The molecule has 0 aliphatic rings. The van der Waals surface area contributed by atoms with Gasteiger partial charge in [0, 0.05) is 10.0 Å². The average Bonchev–Trinajstić information content (AvgIpc) is 3.08. The molecular weight excluding hydrogens is 429 g/mol. The SMILES string of the molecule is CCOC(=O)COc1ccc(Br)cc1/C=C(/C#N)c1nc2ccc(F)cc2[nH]1. The van der Waals surface area contributed by atoms with Crippen molar-refractivity contribution < 1.29 is 18.7 Å². The van der Waals surface area contributed by atoms with Gasteiger partial charge in [-0.3, -0.25) is 0 Å². The van der Waals surface area contributed by atoms with Gasteiger partial charge < -0.3 is 14.5 Å². The van der Waals surface area contributed by atoms with E-state index in [4.69, 9.17) is 9.47 Å². The van der Waals surface area contributed by atoms with Gasteiger partial charge in [-0.05, 0) is 49.4 Å². The van der Waals surface area contributed by atoms with Crippen LogP contribution in [0, 0.1) is 17.1 Å². The number of aromatic nitrogens is 2. The Hall–Kier alpha value is -3.18. The molecule has 3 rings (SSSR count). The van der Waals surface area contributed by atoms with Gasteiger partial charge in [-0.15, -0.1) is 0 Å². The molecule has 0 amide bonds. The Morgan fingerprint density at radius 2 is 2.18 bits per heavy atom. The molecule has 0 bridgehead atoms. The Morgan fingerprint density at radius 3 is 2.93 bits per heavy atom. The Labute approximate surface area is 168 Å². The lowest BCUT2D eigenvalue weighted by atomic mass is 10.1. The van der Waals surface area contributed by atoms with E-state index in [0.29, 0.717) is 28.2 Å². The zero-order valence-electron chi connectivity index (χ0n) is 14.8. The summed E-state index contributed by atoms with van der Waals surface area (Å²) in [6.45, 7) is 1.73. The third-order valence-electron chi connectivity index (χ3n) is 3.74. The molecule has 142 valence electrons. The normalized spacial score (nSPS) is 11.3. The molecule has 0 radical (unpaired) electrons. The number of rotatable bonds is 6. The van der Waals surface area contributed by atoms with Gasteiger partial charge >= 0.3 is 5.97 Å².